The molecule has 1 aliphatic rings. The number of rotatable bonds is 7. The first-order chi connectivity index (χ1) is 7.38. The maximum Gasteiger partial charge on any atom is 0.0701 e. The average molecular weight is 217 g/mol. The molecule has 0 aromatic rings. The van der Waals surface area contributed by atoms with Gasteiger partial charge in [0.1, 0.15) is 0 Å². The highest BCUT2D eigenvalue weighted by Gasteiger charge is 2.22. The molecule has 1 rings (SSSR count). The Morgan fingerprint density at radius 1 is 1.33 bits per heavy atom. The molecule has 1 N–H and O–H groups in total. The normalized spacial score (nSPS) is 20.4. The number of methoxy groups -OCH3 is 1. The highest BCUT2D eigenvalue weighted by Crippen LogP contribution is 2.18. The molecule has 4 nitrogen and oxygen atoms in total. The van der Waals surface area contributed by atoms with E-state index in [0.717, 1.165) is 32.7 Å². The fourth-order valence-electron chi connectivity index (χ4n) is 1.93. The second-order valence-corrected chi connectivity index (χ2v) is 3.91. The van der Waals surface area contributed by atoms with Crippen LogP contribution in [0.5, 0.6) is 0 Å². The van der Waals surface area contributed by atoms with Gasteiger partial charge in [0, 0.05) is 26.4 Å². The minimum absolute atomic E-state index is 0.450. The Hall–Kier alpha value is -0.160. The molecular formula is C11H23NO3. The SMILES string of the molecule is CNC(COCCOC)C1CCOCC1. The van der Waals surface area contributed by atoms with Crippen molar-refractivity contribution in [1.82, 2.24) is 5.32 Å². The quantitative estimate of drug-likeness (QED) is 0.636. The van der Waals surface area contributed by atoms with Crippen molar-refractivity contribution in [3.05, 3.63) is 0 Å². The van der Waals surface area contributed by atoms with Crippen LogP contribution in [0.1, 0.15) is 12.8 Å². The van der Waals surface area contributed by atoms with Crippen LogP contribution in [0, 0.1) is 5.92 Å². The first kappa shape index (κ1) is 12.9. The number of likely N-dealkylation sites (N-methyl/N-ethyl adjacent to an activating group) is 1. The van der Waals surface area contributed by atoms with E-state index in [1.165, 1.54) is 0 Å². The van der Waals surface area contributed by atoms with Gasteiger partial charge in [0.25, 0.3) is 0 Å². The maximum absolute atomic E-state index is 5.55. The lowest BCUT2D eigenvalue weighted by molar-refractivity contribution is 0.0185. The highest BCUT2D eigenvalue weighted by molar-refractivity contribution is 4.77. The minimum Gasteiger partial charge on any atom is -0.382 e. The van der Waals surface area contributed by atoms with E-state index in [2.05, 4.69) is 5.32 Å². The van der Waals surface area contributed by atoms with Crippen molar-refractivity contribution in [3.63, 3.8) is 0 Å². The molecule has 15 heavy (non-hydrogen) atoms. The van der Waals surface area contributed by atoms with Crippen molar-refractivity contribution in [3.8, 4) is 0 Å². The molecule has 4 heteroatoms. The van der Waals surface area contributed by atoms with Gasteiger partial charge in [0.05, 0.1) is 19.8 Å². The molecule has 1 saturated heterocycles. The minimum atomic E-state index is 0.450. The summed E-state index contributed by atoms with van der Waals surface area (Å²) in [5.74, 6) is 0.686. The Kier molecular flexibility index (Phi) is 6.92. The second-order valence-electron chi connectivity index (χ2n) is 3.91. The molecule has 0 aromatic carbocycles. The second kappa shape index (κ2) is 8.05. The summed E-state index contributed by atoms with van der Waals surface area (Å²) < 4.78 is 15.8. The molecule has 0 aliphatic carbocycles. The lowest BCUT2D eigenvalue weighted by Gasteiger charge is -2.29. The first-order valence-corrected chi connectivity index (χ1v) is 5.70. The Morgan fingerprint density at radius 3 is 2.67 bits per heavy atom. The third kappa shape index (κ3) is 4.93. The van der Waals surface area contributed by atoms with Gasteiger partial charge in [0.15, 0.2) is 0 Å². The summed E-state index contributed by atoms with van der Waals surface area (Å²) in [6.45, 7) is 3.90. The maximum atomic E-state index is 5.55. The molecule has 90 valence electrons. The Bertz CT molecular complexity index is 149. The van der Waals surface area contributed by atoms with Gasteiger partial charge in [0.2, 0.25) is 0 Å². The standard InChI is InChI=1S/C11H23NO3/c1-12-11(9-15-8-7-13-2)10-3-5-14-6-4-10/h10-12H,3-9H2,1-2H3. The van der Waals surface area contributed by atoms with E-state index in [0.29, 0.717) is 25.2 Å². The van der Waals surface area contributed by atoms with Gasteiger partial charge in [-0.15, -0.1) is 0 Å². The van der Waals surface area contributed by atoms with E-state index in [4.69, 9.17) is 14.2 Å². The van der Waals surface area contributed by atoms with Crippen molar-refractivity contribution in [2.75, 3.05) is 47.2 Å². The van der Waals surface area contributed by atoms with Crippen LogP contribution in [0.15, 0.2) is 0 Å². The molecule has 1 fully saturated rings. The monoisotopic (exact) mass is 217 g/mol. The zero-order chi connectivity index (χ0) is 10.9. The van der Waals surface area contributed by atoms with Crippen LogP contribution in [0.3, 0.4) is 0 Å². The van der Waals surface area contributed by atoms with Crippen molar-refractivity contribution in [2.24, 2.45) is 5.92 Å². The van der Waals surface area contributed by atoms with Crippen LogP contribution < -0.4 is 5.32 Å². The Balaban J connectivity index is 2.15. The summed E-state index contributed by atoms with van der Waals surface area (Å²) >= 11 is 0. The van der Waals surface area contributed by atoms with Crippen molar-refractivity contribution < 1.29 is 14.2 Å². The van der Waals surface area contributed by atoms with Crippen LogP contribution in [0.25, 0.3) is 0 Å². The van der Waals surface area contributed by atoms with E-state index in [-0.39, 0.29) is 0 Å². The zero-order valence-corrected chi connectivity index (χ0v) is 9.83. The highest BCUT2D eigenvalue weighted by atomic mass is 16.5. The zero-order valence-electron chi connectivity index (χ0n) is 9.83. The molecule has 0 spiro atoms. The molecule has 1 atom stereocenters. The molecule has 0 aromatic heterocycles. The fourth-order valence-corrected chi connectivity index (χ4v) is 1.93. The number of hydrogen-bond acceptors (Lipinski definition) is 4. The van der Waals surface area contributed by atoms with E-state index in [9.17, 15) is 0 Å². The lowest BCUT2D eigenvalue weighted by atomic mass is 9.92. The summed E-state index contributed by atoms with van der Waals surface area (Å²) in [4.78, 5) is 0. The Morgan fingerprint density at radius 2 is 2.07 bits per heavy atom. The first-order valence-electron chi connectivity index (χ1n) is 5.70. The van der Waals surface area contributed by atoms with Gasteiger partial charge < -0.3 is 19.5 Å². The van der Waals surface area contributed by atoms with E-state index in [1.807, 2.05) is 7.05 Å². The Labute approximate surface area is 92.3 Å². The van der Waals surface area contributed by atoms with Crippen molar-refractivity contribution >= 4 is 0 Å². The van der Waals surface area contributed by atoms with Crippen molar-refractivity contribution in [1.29, 1.82) is 0 Å². The van der Waals surface area contributed by atoms with Gasteiger partial charge in [-0.3, -0.25) is 0 Å². The molecule has 1 heterocycles. The van der Waals surface area contributed by atoms with Crippen LogP contribution >= 0.6 is 0 Å². The molecule has 1 aliphatic heterocycles. The number of hydrogen-bond donors (Lipinski definition) is 1. The molecule has 0 amide bonds. The van der Waals surface area contributed by atoms with Gasteiger partial charge >= 0.3 is 0 Å². The predicted octanol–water partition coefficient (Wildman–Crippen LogP) is 0.664. The molecule has 0 saturated carbocycles. The van der Waals surface area contributed by atoms with Gasteiger partial charge in [-0.1, -0.05) is 0 Å². The molecular weight excluding hydrogens is 194 g/mol. The smallest absolute Gasteiger partial charge is 0.0701 e. The van der Waals surface area contributed by atoms with E-state index >= 15 is 0 Å². The van der Waals surface area contributed by atoms with Crippen LogP contribution in [0.2, 0.25) is 0 Å². The number of nitrogens with one attached hydrogen (secondary N) is 1. The lowest BCUT2D eigenvalue weighted by Crippen LogP contribution is -2.40. The third-order valence-electron chi connectivity index (χ3n) is 2.93. The third-order valence-corrected chi connectivity index (χ3v) is 2.93. The van der Waals surface area contributed by atoms with Gasteiger partial charge in [-0.05, 0) is 25.8 Å². The predicted molar refractivity (Wildman–Crippen MR) is 59.1 cm³/mol. The topological polar surface area (TPSA) is 39.7 Å². The summed E-state index contributed by atoms with van der Waals surface area (Å²) in [6.07, 6.45) is 2.28. The number of ether oxygens (including phenoxy) is 3. The van der Waals surface area contributed by atoms with Crippen LogP contribution in [0.4, 0.5) is 0 Å². The summed E-state index contributed by atoms with van der Waals surface area (Å²) in [6, 6.07) is 0.450. The average Bonchev–Trinajstić information content (AvgIpc) is 2.30. The molecule has 1 unspecified atom stereocenters. The van der Waals surface area contributed by atoms with E-state index in [1.54, 1.807) is 7.11 Å². The fraction of sp³-hybridized carbons (Fsp3) is 1.00. The molecule has 0 radical (unpaired) electrons. The van der Waals surface area contributed by atoms with Crippen molar-refractivity contribution in [2.45, 2.75) is 18.9 Å². The summed E-state index contributed by atoms with van der Waals surface area (Å²) in [7, 11) is 3.69. The summed E-state index contributed by atoms with van der Waals surface area (Å²) in [5, 5.41) is 3.33. The van der Waals surface area contributed by atoms with Crippen LogP contribution in [-0.4, -0.2) is 53.2 Å². The largest absolute Gasteiger partial charge is 0.382 e. The van der Waals surface area contributed by atoms with Gasteiger partial charge in [-0.25, -0.2) is 0 Å². The van der Waals surface area contributed by atoms with Crippen LogP contribution in [-0.2, 0) is 14.2 Å². The van der Waals surface area contributed by atoms with E-state index < -0.39 is 0 Å². The molecule has 0 bridgehead atoms. The van der Waals surface area contributed by atoms with Gasteiger partial charge in [-0.2, -0.15) is 0 Å². The summed E-state index contributed by atoms with van der Waals surface area (Å²) in [5.41, 5.74) is 0.